The first-order valence-corrected chi connectivity index (χ1v) is 9.42. The zero-order chi connectivity index (χ0) is 19.4. The molecule has 0 N–H and O–H groups in total. The smallest absolute Gasteiger partial charge is 0.339 e. The van der Waals surface area contributed by atoms with Gasteiger partial charge < -0.3 is 13.9 Å². The molecule has 0 amide bonds. The van der Waals surface area contributed by atoms with Gasteiger partial charge in [-0.25, -0.2) is 9.59 Å². The summed E-state index contributed by atoms with van der Waals surface area (Å²) in [6, 6.07) is 2.72. The van der Waals surface area contributed by atoms with Crippen molar-refractivity contribution in [1.82, 2.24) is 0 Å². The fourth-order valence-corrected chi connectivity index (χ4v) is 5.67. The monoisotopic (exact) mass is 372 g/mol. The van der Waals surface area contributed by atoms with Gasteiger partial charge in [0, 0.05) is 18.1 Å². The minimum Gasteiger partial charge on any atom is -0.456 e. The molecule has 2 atom stereocenters. The highest BCUT2D eigenvalue weighted by Crippen LogP contribution is 2.63. The molecule has 4 aliphatic carbocycles. The number of carbonyl (C=O) groups excluding carboxylic acids is 2. The Morgan fingerprint density at radius 3 is 2.44 bits per heavy atom. The fraction of sp³-hybridized carbons (Fsp3) is 0.571. The third-order valence-corrected chi connectivity index (χ3v) is 6.18. The standard InChI is InChI=1S/C21H24O6/c1-12(2)18(23)27-21-9-14-5-15(10-21)8-20(7-14,11-21)19(24)26-16-4-13(3)25-17(22)6-16/h4,6,14-15H,1,5,7-11H2,2-3H3. The highest BCUT2D eigenvalue weighted by atomic mass is 16.6. The highest BCUT2D eigenvalue weighted by Gasteiger charge is 2.63. The Balaban J connectivity index is 1.60. The van der Waals surface area contributed by atoms with Gasteiger partial charge in [-0.15, -0.1) is 0 Å². The van der Waals surface area contributed by atoms with Crippen molar-refractivity contribution in [2.45, 2.75) is 58.0 Å². The molecule has 6 nitrogen and oxygen atoms in total. The maximum absolute atomic E-state index is 13.1. The van der Waals surface area contributed by atoms with Crippen LogP contribution in [0.15, 0.2) is 33.5 Å². The van der Waals surface area contributed by atoms with Gasteiger partial charge in [0.2, 0.25) is 0 Å². The van der Waals surface area contributed by atoms with E-state index in [0.29, 0.717) is 29.6 Å². The minimum atomic E-state index is -0.663. The SMILES string of the molecule is C=C(C)C(=O)OC12CC3CC(C1)CC(C(=O)Oc1cc(C)oc(=O)c1)(C3)C2. The van der Waals surface area contributed by atoms with E-state index >= 15 is 0 Å². The second-order valence-electron chi connectivity index (χ2n) is 8.71. The van der Waals surface area contributed by atoms with Crippen LogP contribution in [0.5, 0.6) is 5.75 Å². The van der Waals surface area contributed by atoms with Crippen LogP contribution in [-0.4, -0.2) is 17.5 Å². The zero-order valence-corrected chi connectivity index (χ0v) is 15.7. The van der Waals surface area contributed by atoms with Crippen LogP contribution in [0.1, 0.15) is 51.2 Å². The molecule has 4 saturated carbocycles. The van der Waals surface area contributed by atoms with Gasteiger partial charge in [-0.2, -0.15) is 0 Å². The van der Waals surface area contributed by atoms with Crippen LogP contribution in [0, 0.1) is 24.2 Å². The van der Waals surface area contributed by atoms with Gasteiger partial charge in [0.05, 0.1) is 11.5 Å². The summed E-state index contributed by atoms with van der Waals surface area (Å²) in [4.78, 5) is 36.9. The Kier molecular flexibility index (Phi) is 4.05. The quantitative estimate of drug-likeness (QED) is 0.596. The lowest BCUT2D eigenvalue weighted by atomic mass is 9.48. The zero-order valence-electron chi connectivity index (χ0n) is 15.7. The third kappa shape index (κ3) is 3.22. The summed E-state index contributed by atoms with van der Waals surface area (Å²) in [5.41, 5.74) is -1.45. The Bertz CT molecular complexity index is 865. The van der Waals surface area contributed by atoms with E-state index in [4.69, 9.17) is 13.9 Å². The van der Waals surface area contributed by atoms with Crippen molar-refractivity contribution in [3.63, 3.8) is 0 Å². The Hall–Kier alpha value is -2.37. The molecule has 2 unspecified atom stereocenters. The molecule has 1 aromatic rings. The van der Waals surface area contributed by atoms with Crippen molar-refractivity contribution in [1.29, 1.82) is 0 Å². The molecule has 144 valence electrons. The molecule has 6 heteroatoms. The van der Waals surface area contributed by atoms with Gasteiger partial charge in [0.1, 0.15) is 17.1 Å². The van der Waals surface area contributed by atoms with Gasteiger partial charge in [-0.1, -0.05) is 6.58 Å². The maximum atomic E-state index is 13.1. The molecule has 0 radical (unpaired) electrons. The Labute approximate surface area is 157 Å². The predicted molar refractivity (Wildman–Crippen MR) is 96.1 cm³/mol. The van der Waals surface area contributed by atoms with E-state index in [9.17, 15) is 14.4 Å². The van der Waals surface area contributed by atoms with Crippen LogP contribution >= 0.6 is 0 Å². The molecular weight excluding hydrogens is 348 g/mol. The number of carbonyl (C=O) groups is 2. The molecular formula is C21H24O6. The van der Waals surface area contributed by atoms with Crippen LogP contribution in [0.25, 0.3) is 0 Å². The first kappa shape index (κ1) is 18.0. The van der Waals surface area contributed by atoms with Gasteiger partial charge in [0.25, 0.3) is 0 Å². The molecule has 1 heterocycles. The van der Waals surface area contributed by atoms with E-state index in [1.54, 1.807) is 13.8 Å². The first-order valence-electron chi connectivity index (χ1n) is 9.42. The molecule has 0 aromatic carbocycles. The number of esters is 2. The molecule has 4 aliphatic rings. The summed E-state index contributed by atoms with van der Waals surface area (Å²) in [6.45, 7) is 6.94. The molecule has 4 bridgehead atoms. The van der Waals surface area contributed by atoms with Crippen molar-refractivity contribution >= 4 is 11.9 Å². The van der Waals surface area contributed by atoms with Crippen molar-refractivity contribution in [2.24, 2.45) is 17.3 Å². The van der Waals surface area contributed by atoms with Crippen LogP contribution in [0.3, 0.4) is 0 Å². The van der Waals surface area contributed by atoms with E-state index in [2.05, 4.69) is 6.58 Å². The molecule has 1 aromatic heterocycles. The van der Waals surface area contributed by atoms with Gasteiger partial charge >= 0.3 is 17.6 Å². The predicted octanol–water partition coefficient (Wildman–Crippen LogP) is 3.31. The lowest BCUT2D eigenvalue weighted by Crippen LogP contribution is -2.60. The summed E-state index contributed by atoms with van der Waals surface area (Å²) in [7, 11) is 0. The second kappa shape index (κ2) is 6.08. The van der Waals surface area contributed by atoms with Gasteiger partial charge in [-0.05, 0) is 57.8 Å². The summed E-state index contributed by atoms with van der Waals surface area (Å²) in [6.07, 6.45) is 4.63. The number of rotatable bonds is 4. The maximum Gasteiger partial charge on any atom is 0.339 e. The van der Waals surface area contributed by atoms with Crippen molar-refractivity contribution < 1.29 is 23.5 Å². The van der Waals surface area contributed by atoms with E-state index in [1.165, 1.54) is 12.1 Å². The average Bonchev–Trinajstić information content (AvgIpc) is 2.51. The highest BCUT2D eigenvalue weighted by molar-refractivity contribution is 5.87. The second-order valence-corrected chi connectivity index (χ2v) is 8.71. The van der Waals surface area contributed by atoms with Crippen molar-refractivity contribution in [3.05, 3.63) is 40.5 Å². The fourth-order valence-electron chi connectivity index (χ4n) is 5.67. The number of hydrogen-bond donors (Lipinski definition) is 0. The lowest BCUT2D eigenvalue weighted by molar-refractivity contribution is -0.206. The largest absolute Gasteiger partial charge is 0.456 e. The molecule has 5 rings (SSSR count). The van der Waals surface area contributed by atoms with E-state index < -0.39 is 22.6 Å². The number of hydrogen-bond acceptors (Lipinski definition) is 6. The number of ether oxygens (including phenoxy) is 2. The summed E-state index contributed by atoms with van der Waals surface area (Å²) in [5.74, 6) is 0.563. The summed E-state index contributed by atoms with van der Waals surface area (Å²) < 4.78 is 16.4. The average molecular weight is 372 g/mol. The Morgan fingerprint density at radius 1 is 1.19 bits per heavy atom. The lowest BCUT2D eigenvalue weighted by Gasteiger charge is -2.59. The first-order chi connectivity index (χ1) is 12.7. The molecule has 0 aliphatic heterocycles. The van der Waals surface area contributed by atoms with Crippen LogP contribution in [0.2, 0.25) is 0 Å². The minimum absolute atomic E-state index is 0.206. The van der Waals surface area contributed by atoms with Crippen LogP contribution in [-0.2, 0) is 14.3 Å². The molecule has 27 heavy (non-hydrogen) atoms. The third-order valence-electron chi connectivity index (χ3n) is 6.18. The van der Waals surface area contributed by atoms with E-state index in [-0.39, 0.29) is 11.7 Å². The van der Waals surface area contributed by atoms with Gasteiger partial charge in [0.15, 0.2) is 0 Å². The van der Waals surface area contributed by atoms with Crippen molar-refractivity contribution in [3.8, 4) is 5.75 Å². The normalized spacial score (nSPS) is 33.6. The topological polar surface area (TPSA) is 82.8 Å². The van der Waals surface area contributed by atoms with E-state index in [0.717, 1.165) is 32.1 Å². The van der Waals surface area contributed by atoms with Crippen molar-refractivity contribution in [2.75, 3.05) is 0 Å². The molecule has 0 spiro atoms. The number of aryl methyl sites for hydroxylation is 1. The molecule has 0 saturated heterocycles. The van der Waals surface area contributed by atoms with Gasteiger partial charge in [-0.3, -0.25) is 4.79 Å². The molecule has 4 fully saturated rings. The van der Waals surface area contributed by atoms with Crippen LogP contribution < -0.4 is 10.4 Å². The Morgan fingerprint density at radius 2 is 1.85 bits per heavy atom. The van der Waals surface area contributed by atoms with E-state index in [1.807, 2.05) is 0 Å². The summed E-state index contributed by atoms with van der Waals surface area (Å²) in [5, 5.41) is 0. The summed E-state index contributed by atoms with van der Waals surface area (Å²) >= 11 is 0. The van der Waals surface area contributed by atoms with Crippen LogP contribution in [0.4, 0.5) is 0 Å².